The number of hydrogen-bond donors (Lipinski definition) is 0. The molecule has 2 aromatic rings. The van der Waals surface area contributed by atoms with Crippen molar-refractivity contribution >= 4 is 46.0 Å². The quantitative estimate of drug-likeness (QED) is 0.760. The first-order valence-corrected chi connectivity index (χ1v) is 8.16. The van der Waals surface area contributed by atoms with E-state index in [1.165, 1.54) is 18.6 Å². The summed E-state index contributed by atoms with van der Waals surface area (Å²) in [7, 11) is 0. The Bertz CT molecular complexity index is 561. The minimum atomic E-state index is 0.452. The fourth-order valence-electron chi connectivity index (χ4n) is 2.55. The molecule has 1 aromatic heterocycles. The lowest BCUT2D eigenvalue weighted by Crippen LogP contribution is -2.18. The summed E-state index contributed by atoms with van der Waals surface area (Å²) in [6.45, 7) is 0. The summed E-state index contributed by atoms with van der Waals surface area (Å²) >= 11 is 14.2. The molecule has 1 aliphatic rings. The minimum absolute atomic E-state index is 0.452. The first kappa shape index (κ1) is 12.6. The van der Waals surface area contributed by atoms with Crippen LogP contribution in [0.4, 0.5) is 0 Å². The zero-order chi connectivity index (χ0) is 12.5. The van der Waals surface area contributed by atoms with Crippen LogP contribution < -0.4 is 0 Å². The average molecular weight is 301 g/mol. The van der Waals surface area contributed by atoms with Crippen LogP contribution in [0.3, 0.4) is 0 Å². The number of halogens is 2. The molecule has 0 N–H and O–H groups in total. The molecule has 0 radical (unpaired) electrons. The van der Waals surface area contributed by atoms with Gasteiger partial charge in [-0.05, 0) is 36.8 Å². The van der Waals surface area contributed by atoms with E-state index < -0.39 is 0 Å². The van der Waals surface area contributed by atoms with Gasteiger partial charge in [0.05, 0.1) is 16.9 Å². The first-order valence-electron chi connectivity index (χ1n) is 6.09. The second kappa shape index (κ2) is 5.32. The van der Waals surface area contributed by atoms with Crippen LogP contribution in [0.5, 0.6) is 0 Å². The van der Waals surface area contributed by atoms with Gasteiger partial charge >= 0.3 is 0 Å². The van der Waals surface area contributed by atoms with Gasteiger partial charge in [0.2, 0.25) is 0 Å². The van der Waals surface area contributed by atoms with Crippen molar-refractivity contribution in [1.82, 2.24) is 9.55 Å². The summed E-state index contributed by atoms with van der Waals surface area (Å²) in [4.78, 5) is 4.61. The molecule has 18 heavy (non-hydrogen) atoms. The third kappa shape index (κ3) is 2.24. The molecule has 0 amide bonds. The van der Waals surface area contributed by atoms with E-state index >= 15 is 0 Å². The Morgan fingerprint density at radius 1 is 1.44 bits per heavy atom. The van der Waals surface area contributed by atoms with E-state index in [1.807, 2.05) is 30.0 Å². The van der Waals surface area contributed by atoms with Crippen molar-refractivity contribution in [3.63, 3.8) is 0 Å². The van der Waals surface area contributed by atoms with Crippen LogP contribution in [0.1, 0.15) is 24.7 Å². The van der Waals surface area contributed by atoms with Gasteiger partial charge in [-0.2, -0.15) is 11.8 Å². The fraction of sp³-hybridized carbons (Fsp3) is 0.462. The molecule has 2 heterocycles. The highest BCUT2D eigenvalue weighted by atomic mass is 35.5. The molecular weight excluding hydrogens is 287 g/mol. The maximum absolute atomic E-state index is 6.10. The van der Waals surface area contributed by atoms with Gasteiger partial charge in [-0.15, -0.1) is 11.6 Å². The Kier molecular flexibility index (Phi) is 3.73. The maximum Gasteiger partial charge on any atom is 0.125 e. The summed E-state index contributed by atoms with van der Waals surface area (Å²) in [5.74, 6) is 3.82. The van der Waals surface area contributed by atoms with Crippen LogP contribution in [0, 0.1) is 0 Å². The molecule has 3 rings (SSSR count). The van der Waals surface area contributed by atoms with Gasteiger partial charge < -0.3 is 4.57 Å². The standard InChI is InChI=1S/C13H14Cl2N2S/c14-7-13-16-11-4-3-9(15)6-12(11)17(13)10-2-1-5-18-8-10/h3-4,6,10H,1-2,5,7-8H2. The number of imidazole rings is 1. The monoisotopic (exact) mass is 300 g/mol. The Labute approximate surface area is 121 Å². The van der Waals surface area contributed by atoms with Gasteiger partial charge in [0.1, 0.15) is 5.82 Å². The van der Waals surface area contributed by atoms with E-state index in [4.69, 9.17) is 23.2 Å². The molecule has 0 bridgehead atoms. The summed E-state index contributed by atoms with van der Waals surface area (Å²) in [5, 5.41) is 0.758. The molecule has 1 unspecified atom stereocenters. The lowest BCUT2D eigenvalue weighted by molar-refractivity contribution is 0.499. The van der Waals surface area contributed by atoms with Crippen LogP contribution in [0.15, 0.2) is 18.2 Å². The molecule has 2 nitrogen and oxygen atoms in total. The lowest BCUT2D eigenvalue weighted by Gasteiger charge is -2.25. The third-order valence-corrected chi connectivity index (χ3v) is 5.02. The Morgan fingerprint density at radius 3 is 3.06 bits per heavy atom. The van der Waals surface area contributed by atoms with Crippen molar-refractivity contribution in [2.75, 3.05) is 11.5 Å². The minimum Gasteiger partial charge on any atom is -0.323 e. The Balaban J connectivity index is 2.14. The number of hydrogen-bond acceptors (Lipinski definition) is 2. The fourth-order valence-corrected chi connectivity index (χ4v) is 4.03. The van der Waals surface area contributed by atoms with Crippen LogP contribution in [0.2, 0.25) is 5.02 Å². The topological polar surface area (TPSA) is 17.8 Å². The number of rotatable bonds is 2. The van der Waals surface area contributed by atoms with E-state index in [-0.39, 0.29) is 0 Å². The number of aromatic nitrogens is 2. The zero-order valence-electron chi connectivity index (χ0n) is 9.90. The highest BCUT2D eigenvalue weighted by molar-refractivity contribution is 7.99. The van der Waals surface area contributed by atoms with Gasteiger partial charge in [0, 0.05) is 16.8 Å². The molecule has 1 aliphatic heterocycles. The SMILES string of the molecule is ClCc1nc2ccc(Cl)cc2n1C1CCCSC1. The predicted octanol–water partition coefficient (Wildman–Crippen LogP) is 4.50. The van der Waals surface area contributed by atoms with Crippen molar-refractivity contribution in [2.45, 2.75) is 24.8 Å². The lowest BCUT2D eigenvalue weighted by atomic mass is 10.1. The predicted molar refractivity (Wildman–Crippen MR) is 79.9 cm³/mol. The molecule has 1 aromatic carbocycles. The summed E-state index contributed by atoms with van der Waals surface area (Å²) in [6, 6.07) is 6.36. The van der Waals surface area contributed by atoms with E-state index in [1.54, 1.807) is 0 Å². The van der Waals surface area contributed by atoms with E-state index in [0.717, 1.165) is 27.6 Å². The normalized spacial score (nSPS) is 20.4. The van der Waals surface area contributed by atoms with Gasteiger partial charge in [-0.25, -0.2) is 4.98 Å². The number of benzene rings is 1. The van der Waals surface area contributed by atoms with Crippen molar-refractivity contribution in [2.24, 2.45) is 0 Å². The maximum atomic E-state index is 6.10. The van der Waals surface area contributed by atoms with Crippen molar-refractivity contribution in [3.05, 3.63) is 29.0 Å². The summed E-state index contributed by atoms with van der Waals surface area (Å²) in [5.41, 5.74) is 2.11. The number of alkyl halides is 1. The van der Waals surface area contributed by atoms with Gasteiger partial charge in [0.15, 0.2) is 0 Å². The van der Waals surface area contributed by atoms with Crippen molar-refractivity contribution in [1.29, 1.82) is 0 Å². The van der Waals surface area contributed by atoms with Crippen LogP contribution in [0.25, 0.3) is 11.0 Å². The van der Waals surface area contributed by atoms with Crippen molar-refractivity contribution < 1.29 is 0 Å². The number of nitrogens with zero attached hydrogens (tertiary/aromatic N) is 2. The molecule has 0 aliphatic carbocycles. The third-order valence-electron chi connectivity index (χ3n) is 3.35. The Hall–Kier alpha value is -0.380. The van der Waals surface area contributed by atoms with Crippen LogP contribution in [-0.4, -0.2) is 21.1 Å². The molecule has 0 saturated carbocycles. The van der Waals surface area contributed by atoms with Crippen molar-refractivity contribution in [3.8, 4) is 0 Å². The largest absolute Gasteiger partial charge is 0.323 e. The highest BCUT2D eigenvalue weighted by Gasteiger charge is 2.21. The molecule has 0 spiro atoms. The zero-order valence-corrected chi connectivity index (χ0v) is 12.2. The van der Waals surface area contributed by atoms with Gasteiger partial charge in [-0.1, -0.05) is 11.6 Å². The molecule has 1 saturated heterocycles. The smallest absolute Gasteiger partial charge is 0.125 e. The van der Waals surface area contributed by atoms with Gasteiger partial charge in [-0.3, -0.25) is 0 Å². The molecule has 96 valence electrons. The summed E-state index contributed by atoms with van der Waals surface area (Å²) in [6.07, 6.45) is 2.46. The second-order valence-electron chi connectivity index (χ2n) is 4.54. The first-order chi connectivity index (χ1) is 8.79. The van der Waals surface area contributed by atoms with E-state index in [9.17, 15) is 0 Å². The van der Waals surface area contributed by atoms with E-state index in [0.29, 0.717) is 11.9 Å². The van der Waals surface area contributed by atoms with Crippen LogP contribution >= 0.6 is 35.0 Å². The highest BCUT2D eigenvalue weighted by Crippen LogP contribution is 2.32. The van der Waals surface area contributed by atoms with Crippen LogP contribution in [-0.2, 0) is 5.88 Å². The summed E-state index contributed by atoms with van der Waals surface area (Å²) < 4.78 is 2.29. The number of fused-ring (bicyclic) bond motifs is 1. The molecule has 1 fully saturated rings. The average Bonchev–Trinajstić information content (AvgIpc) is 2.77. The molecule has 5 heteroatoms. The molecular formula is C13H14Cl2N2S. The molecule has 1 atom stereocenters. The number of thioether (sulfide) groups is 1. The Morgan fingerprint density at radius 2 is 2.33 bits per heavy atom. The van der Waals surface area contributed by atoms with Gasteiger partial charge in [0.25, 0.3) is 0 Å². The van der Waals surface area contributed by atoms with E-state index in [2.05, 4.69) is 9.55 Å². The second-order valence-corrected chi connectivity index (χ2v) is 6.39.